The number of hydrogen-bond donors (Lipinski definition) is 1. The number of nitrogens with one attached hydrogen (secondary N) is 1. The zero-order valence-electron chi connectivity index (χ0n) is 14.1. The monoisotopic (exact) mass is 342 g/mol. The van der Waals surface area contributed by atoms with Crippen molar-refractivity contribution in [2.45, 2.75) is 32.7 Å². The molecule has 6 nitrogen and oxygen atoms in total. The van der Waals surface area contributed by atoms with Gasteiger partial charge in [0.15, 0.2) is 11.6 Å². The van der Waals surface area contributed by atoms with Gasteiger partial charge in [0.2, 0.25) is 11.8 Å². The number of carbonyl (C=O) groups is 2. The number of likely N-dealkylation sites (tertiary alicyclic amines) is 1. The number of carbonyl (C=O) groups excluding carboxylic acids is 2. The van der Waals surface area contributed by atoms with E-state index in [1.807, 2.05) is 13.0 Å². The molecule has 0 aliphatic carbocycles. The zero-order chi connectivity index (χ0) is 18.0. The third-order valence-electron chi connectivity index (χ3n) is 4.33. The summed E-state index contributed by atoms with van der Waals surface area (Å²) in [6.45, 7) is 3.97. The van der Waals surface area contributed by atoms with Gasteiger partial charge >= 0.3 is 0 Å². The second-order valence-electron chi connectivity index (χ2n) is 6.11. The first-order valence-electron chi connectivity index (χ1n) is 8.12. The Bertz CT molecular complexity index is 807. The van der Waals surface area contributed by atoms with Gasteiger partial charge in [-0.1, -0.05) is 6.07 Å². The maximum atomic E-state index is 13.0. The van der Waals surface area contributed by atoms with E-state index in [4.69, 9.17) is 0 Å². The molecule has 1 fully saturated rings. The lowest BCUT2D eigenvalue weighted by atomic mass is 10.1. The number of benzene rings is 1. The molecule has 1 aromatic heterocycles. The van der Waals surface area contributed by atoms with Gasteiger partial charge in [-0.3, -0.25) is 9.59 Å². The van der Waals surface area contributed by atoms with Gasteiger partial charge in [-0.05, 0) is 37.5 Å². The Morgan fingerprint density at radius 1 is 1.28 bits per heavy atom. The fraction of sp³-hybridized carbons (Fsp3) is 0.333. The summed E-state index contributed by atoms with van der Waals surface area (Å²) >= 11 is 0. The van der Waals surface area contributed by atoms with Gasteiger partial charge < -0.3 is 10.2 Å². The third kappa shape index (κ3) is 3.65. The molecule has 2 amide bonds. The fourth-order valence-electron chi connectivity index (χ4n) is 3.03. The molecule has 3 rings (SSSR count). The van der Waals surface area contributed by atoms with Crippen molar-refractivity contribution in [2.24, 2.45) is 0 Å². The first-order chi connectivity index (χ1) is 12.0. The Kier molecular flexibility index (Phi) is 4.74. The SMILES string of the molecule is CC(=O)N1CCC[C@@H]1C(=O)Nc1ccc(C)c(-c2ncc(F)cn2)c1. The highest BCUT2D eigenvalue weighted by molar-refractivity contribution is 5.97. The van der Waals surface area contributed by atoms with E-state index in [2.05, 4.69) is 15.3 Å². The summed E-state index contributed by atoms with van der Waals surface area (Å²) in [6, 6.07) is 4.94. The highest BCUT2D eigenvalue weighted by atomic mass is 19.1. The van der Waals surface area contributed by atoms with E-state index in [1.54, 1.807) is 17.0 Å². The lowest BCUT2D eigenvalue weighted by Gasteiger charge is -2.22. The van der Waals surface area contributed by atoms with Crippen LogP contribution in [0.4, 0.5) is 10.1 Å². The standard InChI is InChI=1S/C18H19FN4O2/c1-11-5-6-14(8-15(11)17-20-9-13(19)10-21-17)22-18(25)16-4-3-7-23(16)12(2)24/h5-6,8-10,16H,3-4,7H2,1-2H3,(H,22,25)/t16-/m1/s1. The summed E-state index contributed by atoms with van der Waals surface area (Å²) in [5, 5.41) is 2.86. The summed E-state index contributed by atoms with van der Waals surface area (Å²) in [5.41, 5.74) is 2.22. The van der Waals surface area contributed by atoms with Crippen LogP contribution >= 0.6 is 0 Å². The number of halogens is 1. The highest BCUT2D eigenvalue weighted by Gasteiger charge is 2.32. The second-order valence-corrected chi connectivity index (χ2v) is 6.11. The normalized spacial score (nSPS) is 16.8. The van der Waals surface area contributed by atoms with Gasteiger partial charge in [-0.25, -0.2) is 14.4 Å². The van der Waals surface area contributed by atoms with Crippen LogP contribution in [0.1, 0.15) is 25.3 Å². The topological polar surface area (TPSA) is 75.2 Å². The number of amides is 2. The number of anilines is 1. The van der Waals surface area contributed by atoms with Gasteiger partial charge in [0, 0.05) is 24.7 Å². The minimum absolute atomic E-state index is 0.0954. The van der Waals surface area contributed by atoms with Crippen LogP contribution in [0.15, 0.2) is 30.6 Å². The molecule has 7 heteroatoms. The zero-order valence-corrected chi connectivity index (χ0v) is 14.1. The molecule has 1 N–H and O–H groups in total. The van der Waals surface area contributed by atoms with Gasteiger partial charge in [0.1, 0.15) is 6.04 Å². The Hall–Kier alpha value is -2.83. The van der Waals surface area contributed by atoms with Crippen LogP contribution in [-0.4, -0.2) is 39.3 Å². The molecule has 1 aliphatic rings. The van der Waals surface area contributed by atoms with Crippen molar-refractivity contribution < 1.29 is 14.0 Å². The molecule has 0 radical (unpaired) electrons. The van der Waals surface area contributed by atoms with E-state index in [0.29, 0.717) is 30.0 Å². The smallest absolute Gasteiger partial charge is 0.247 e. The predicted octanol–water partition coefficient (Wildman–Crippen LogP) is 2.54. The molecule has 2 heterocycles. The lowest BCUT2D eigenvalue weighted by molar-refractivity contribution is -0.134. The molecular formula is C18H19FN4O2. The predicted molar refractivity (Wildman–Crippen MR) is 91.2 cm³/mol. The molecule has 1 atom stereocenters. The van der Waals surface area contributed by atoms with Crippen molar-refractivity contribution in [1.29, 1.82) is 0 Å². The average molecular weight is 342 g/mol. The van der Waals surface area contributed by atoms with Crippen LogP contribution in [-0.2, 0) is 9.59 Å². The van der Waals surface area contributed by atoms with Crippen LogP contribution in [0.2, 0.25) is 0 Å². The summed E-state index contributed by atoms with van der Waals surface area (Å²) in [4.78, 5) is 33.7. The molecule has 1 saturated heterocycles. The highest BCUT2D eigenvalue weighted by Crippen LogP contribution is 2.25. The maximum absolute atomic E-state index is 13.0. The van der Waals surface area contributed by atoms with Crippen molar-refractivity contribution >= 4 is 17.5 Å². The van der Waals surface area contributed by atoms with Crippen molar-refractivity contribution in [3.05, 3.63) is 42.0 Å². The summed E-state index contributed by atoms with van der Waals surface area (Å²) in [6.07, 6.45) is 3.69. The van der Waals surface area contributed by atoms with Crippen molar-refractivity contribution in [1.82, 2.24) is 14.9 Å². The number of nitrogens with zero attached hydrogens (tertiary/aromatic N) is 3. The molecule has 1 aromatic carbocycles. The van der Waals surface area contributed by atoms with E-state index >= 15 is 0 Å². The number of aromatic nitrogens is 2. The van der Waals surface area contributed by atoms with Crippen LogP contribution in [0.25, 0.3) is 11.4 Å². The quantitative estimate of drug-likeness (QED) is 0.930. The van der Waals surface area contributed by atoms with Gasteiger partial charge in [0.25, 0.3) is 0 Å². The van der Waals surface area contributed by atoms with Crippen molar-refractivity contribution in [2.75, 3.05) is 11.9 Å². The molecule has 0 bridgehead atoms. The number of rotatable bonds is 3. The largest absolute Gasteiger partial charge is 0.331 e. The minimum atomic E-state index is -0.503. The first-order valence-corrected chi connectivity index (χ1v) is 8.12. The van der Waals surface area contributed by atoms with Crippen molar-refractivity contribution in [3.8, 4) is 11.4 Å². The van der Waals surface area contributed by atoms with Crippen LogP contribution in [0, 0.1) is 12.7 Å². The van der Waals surface area contributed by atoms with E-state index in [9.17, 15) is 14.0 Å². The van der Waals surface area contributed by atoms with Gasteiger partial charge in [-0.2, -0.15) is 0 Å². The number of aryl methyl sites for hydroxylation is 1. The number of hydrogen-bond acceptors (Lipinski definition) is 4. The molecule has 25 heavy (non-hydrogen) atoms. The molecule has 0 spiro atoms. The maximum Gasteiger partial charge on any atom is 0.247 e. The van der Waals surface area contributed by atoms with Crippen LogP contribution < -0.4 is 5.32 Å². The van der Waals surface area contributed by atoms with Gasteiger partial charge in [-0.15, -0.1) is 0 Å². The van der Waals surface area contributed by atoms with Gasteiger partial charge in [0.05, 0.1) is 12.4 Å². The molecular weight excluding hydrogens is 323 g/mol. The summed E-state index contributed by atoms with van der Waals surface area (Å²) in [7, 11) is 0. The Morgan fingerprint density at radius 2 is 2.00 bits per heavy atom. The van der Waals surface area contributed by atoms with E-state index < -0.39 is 11.9 Å². The Labute approximate surface area is 145 Å². The lowest BCUT2D eigenvalue weighted by Crippen LogP contribution is -2.42. The Balaban J connectivity index is 1.81. The molecule has 0 unspecified atom stereocenters. The minimum Gasteiger partial charge on any atom is -0.331 e. The third-order valence-corrected chi connectivity index (χ3v) is 4.33. The van der Waals surface area contributed by atoms with Crippen LogP contribution in [0.5, 0.6) is 0 Å². The second kappa shape index (κ2) is 6.96. The molecule has 2 aromatic rings. The van der Waals surface area contributed by atoms with Crippen LogP contribution in [0.3, 0.4) is 0 Å². The van der Waals surface area contributed by atoms with Crippen molar-refractivity contribution in [3.63, 3.8) is 0 Å². The molecule has 1 aliphatic heterocycles. The summed E-state index contributed by atoms with van der Waals surface area (Å²) in [5.74, 6) is -0.415. The van der Waals surface area contributed by atoms with E-state index in [0.717, 1.165) is 24.4 Å². The average Bonchev–Trinajstić information content (AvgIpc) is 3.07. The first kappa shape index (κ1) is 17.0. The molecule has 0 saturated carbocycles. The summed E-state index contributed by atoms with van der Waals surface area (Å²) < 4.78 is 13.0. The van der Waals surface area contributed by atoms with E-state index in [-0.39, 0.29) is 11.8 Å². The van der Waals surface area contributed by atoms with E-state index in [1.165, 1.54) is 6.92 Å². The molecule has 130 valence electrons. The fourth-order valence-corrected chi connectivity index (χ4v) is 3.03. The Morgan fingerprint density at radius 3 is 2.68 bits per heavy atom.